The van der Waals surface area contributed by atoms with Crippen molar-refractivity contribution in [2.45, 2.75) is 6.92 Å². The number of benzene rings is 2. The van der Waals surface area contributed by atoms with Gasteiger partial charge >= 0.3 is 0 Å². The van der Waals surface area contributed by atoms with Gasteiger partial charge in [-0.05, 0) is 48.9 Å². The zero-order valence-corrected chi connectivity index (χ0v) is 12.3. The summed E-state index contributed by atoms with van der Waals surface area (Å²) in [6, 6.07) is 10.2. The summed E-state index contributed by atoms with van der Waals surface area (Å²) in [7, 11) is 0. The molecular formula is C15H11BrFN3. The third-order valence-electron chi connectivity index (χ3n) is 3.12. The van der Waals surface area contributed by atoms with Gasteiger partial charge in [-0.2, -0.15) is 0 Å². The van der Waals surface area contributed by atoms with Crippen molar-refractivity contribution in [1.29, 1.82) is 0 Å². The first kappa shape index (κ1) is 13.0. The molecule has 0 amide bonds. The minimum Gasteiger partial charge on any atom is -0.383 e. The average Bonchev–Trinajstić information content (AvgIpc) is 2.39. The summed E-state index contributed by atoms with van der Waals surface area (Å²) in [5.74, 6) is 0.647. The fourth-order valence-corrected chi connectivity index (χ4v) is 2.48. The molecule has 2 N–H and O–H groups in total. The minimum absolute atomic E-state index is 0.274. The molecule has 0 saturated carbocycles. The Morgan fingerprint density at radius 2 is 1.90 bits per heavy atom. The largest absolute Gasteiger partial charge is 0.383 e. The van der Waals surface area contributed by atoms with Crippen LogP contribution in [-0.4, -0.2) is 9.97 Å². The molecule has 20 heavy (non-hydrogen) atoms. The van der Waals surface area contributed by atoms with Crippen molar-refractivity contribution in [2.24, 2.45) is 0 Å². The monoisotopic (exact) mass is 331 g/mol. The van der Waals surface area contributed by atoms with Crippen molar-refractivity contribution in [3.05, 3.63) is 52.3 Å². The van der Waals surface area contributed by atoms with Gasteiger partial charge in [-0.25, -0.2) is 14.4 Å². The summed E-state index contributed by atoms with van der Waals surface area (Å²) in [4.78, 5) is 8.83. The molecule has 0 aliphatic carbocycles. The molecule has 0 saturated heterocycles. The molecule has 0 unspecified atom stereocenters. The lowest BCUT2D eigenvalue weighted by molar-refractivity contribution is 0.627. The molecule has 0 aliphatic rings. The maximum Gasteiger partial charge on any atom is 0.162 e. The molecule has 0 fully saturated rings. The summed E-state index contributed by atoms with van der Waals surface area (Å²) >= 11 is 3.40. The van der Waals surface area contributed by atoms with E-state index in [2.05, 4.69) is 25.9 Å². The second kappa shape index (κ2) is 4.83. The van der Waals surface area contributed by atoms with E-state index in [0.29, 0.717) is 11.6 Å². The number of aryl methyl sites for hydroxylation is 1. The Labute approximate surface area is 123 Å². The Kier molecular flexibility index (Phi) is 3.14. The summed E-state index contributed by atoms with van der Waals surface area (Å²) in [6.07, 6.45) is 0. The topological polar surface area (TPSA) is 51.8 Å². The smallest absolute Gasteiger partial charge is 0.162 e. The summed E-state index contributed by atoms with van der Waals surface area (Å²) in [5, 5.41) is 0.794. The van der Waals surface area contributed by atoms with Crippen LogP contribution in [-0.2, 0) is 0 Å². The summed E-state index contributed by atoms with van der Waals surface area (Å²) in [6.45, 7) is 1.82. The van der Waals surface area contributed by atoms with Crippen molar-refractivity contribution in [2.75, 3.05) is 5.73 Å². The van der Waals surface area contributed by atoms with Crippen LogP contribution in [0, 0.1) is 12.7 Å². The van der Waals surface area contributed by atoms with Crippen LogP contribution >= 0.6 is 15.9 Å². The highest BCUT2D eigenvalue weighted by molar-refractivity contribution is 9.10. The molecular weight excluding hydrogens is 321 g/mol. The van der Waals surface area contributed by atoms with Gasteiger partial charge in [-0.15, -0.1) is 0 Å². The number of rotatable bonds is 1. The maximum atomic E-state index is 13.2. The Morgan fingerprint density at radius 3 is 2.65 bits per heavy atom. The molecule has 1 heterocycles. The van der Waals surface area contributed by atoms with E-state index in [0.717, 1.165) is 26.5 Å². The fourth-order valence-electron chi connectivity index (χ4n) is 2.12. The van der Waals surface area contributed by atoms with Crippen LogP contribution in [0.5, 0.6) is 0 Å². The molecule has 0 aliphatic heterocycles. The highest BCUT2D eigenvalue weighted by Gasteiger charge is 2.10. The Bertz CT molecular complexity index is 818. The van der Waals surface area contributed by atoms with Gasteiger partial charge in [-0.3, -0.25) is 0 Å². The predicted octanol–water partition coefficient (Wildman–Crippen LogP) is 4.09. The van der Waals surface area contributed by atoms with Crippen molar-refractivity contribution in [1.82, 2.24) is 9.97 Å². The van der Waals surface area contributed by atoms with Gasteiger partial charge in [0.2, 0.25) is 0 Å². The van der Waals surface area contributed by atoms with Crippen LogP contribution in [0.3, 0.4) is 0 Å². The lowest BCUT2D eigenvalue weighted by Gasteiger charge is -2.08. The number of nitrogen functional groups attached to an aromatic ring is 1. The van der Waals surface area contributed by atoms with Gasteiger partial charge in [0.05, 0.1) is 5.52 Å². The first-order valence-corrected chi connectivity index (χ1v) is 6.83. The molecule has 0 atom stereocenters. The van der Waals surface area contributed by atoms with Crippen LogP contribution < -0.4 is 5.73 Å². The minimum atomic E-state index is -0.274. The average molecular weight is 332 g/mol. The van der Waals surface area contributed by atoms with Crippen LogP contribution in [0.2, 0.25) is 0 Å². The van der Waals surface area contributed by atoms with Gasteiger partial charge < -0.3 is 5.73 Å². The normalized spacial score (nSPS) is 10.9. The van der Waals surface area contributed by atoms with Crippen molar-refractivity contribution in [3.63, 3.8) is 0 Å². The summed E-state index contributed by atoms with van der Waals surface area (Å²) < 4.78 is 14.1. The van der Waals surface area contributed by atoms with E-state index in [1.54, 1.807) is 6.07 Å². The quantitative estimate of drug-likeness (QED) is 0.730. The van der Waals surface area contributed by atoms with Gasteiger partial charge in [0.25, 0.3) is 0 Å². The van der Waals surface area contributed by atoms with E-state index in [4.69, 9.17) is 5.73 Å². The van der Waals surface area contributed by atoms with Gasteiger partial charge in [0.1, 0.15) is 11.6 Å². The van der Waals surface area contributed by atoms with Crippen molar-refractivity contribution >= 4 is 32.7 Å². The van der Waals surface area contributed by atoms with E-state index < -0.39 is 0 Å². The maximum absolute atomic E-state index is 13.2. The predicted molar refractivity (Wildman–Crippen MR) is 81.8 cm³/mol. The molecule has 3 rings (SSSR count). The van der Waals surface area contributed by atoms with Gasteiger partial charge in [-0.1, -0.05) is 15.9 Å². The second-order valence-corrected chi connectivity index (χ2v) is 5.47. The number of fused-ring (bicyclic) bond motifs is 1. The third-order valence-corrected chi connectivity index (χ3v) is 3.61. The number of anilines is 1. The second-order valence-electron chi connectivity index (χ2n) is 4.55. The fraction of sp³-hybridized carbons (Fsp3) is 0.0667. The van der Waals surface area contributed by atoms with Crippen LogP contribution in [0.4, 0.5) is 10.2 Å². The molecule has 0 spiro atoms. The number of hydrogen-bond acceptors (Lipinski definition) is 3. The molecule has 1 aromatic heterocycles. The van der Waals surface area contributed by atoms with E-state index in [-0.39, 0.29) is 5.82 Å². The lowest BCUT2D eigenvalue weighted by Crippen LogP contribution is -1.99. The Balaban J connectivity index is 2.24. The van der Waals surface area contributed by atoms with E-state index >= 15 is 0 Å². The Morgan fingerprint density at radius 1 is 1.10 bits per heavy atom. The molecule has 5 heteroatoms. The number of aromatic nitrogens is 2. The van der Waals surface area contributed by atoms with Crippen LogP contribution in [0.25, 0.3) is 22.3 Å². The van der Waals surface area contributed by atoms with E-state index in [1.807, 2.05) is 25.1 Å². The van der Waals surface area contributed by atoms with Crippen LogP contribution in [0.1, 0.15) is 5.56 Å². The van der Waals surface area contributed by atoms with Crippen molar-refractivity contribution in [3.8, 4) is 11.4 Å². The standard InChI is InChI=1S/C15H11BrFN3/c1-8-6-10(17)3-4-11(8)15-19-13-5-2-9(16)7-12(13)14(18)20-15/h2-7H,1H3,(H2,18,19,20). The SMILES string of the molecule is Cc1cc(F)ccc1-c1nc(N)c2cc(Br)ccc2n1. The molecule has 2 aromatic carbocycles. The van der Waals surface area contributed by atoms with Crippen molar-refractivity contribution < 1.29 is 4.39 Å². The van der Waals surface area contributed by atoms with E-state index in [1.165, 1.54) is 12.1 Å². The number of nitrogens with zero attached hydrogens (tertiary/aromatic N) is 2. The molecule has 100 valence electrons. The van der Waals surface area contributed by atoms with Gasteiger partial charge in [0.15, 0.2) is 5.82 Å². The molecule has 3 nitrogen and oxygen atoms in total. The first-order chi connectivity index (χ1) is 9.54. The highest BCUT2D eigenvalue weighted by atomic mass is 79.9. The van der Waals surface area contributed by atoms with Crippen LogP contribution in [0.15, 0.2) is 40.9 Å². The molecule has 3 aromatic rings. The molecule has 0 bridgehead atoms. The Hall–Kier alpha value is -2.01. The number of halogens is 2. The van der Waals surface area contributed by atoms with Gasteiger partial charge in [0, 0.05) is 15.4 Å². The highest BCUT2D eigenvalue weighted by Crippen LogP contribution is 2.27. The third kappa shape index (κ3) is 2.25. The lowest BCUT2D eigenvalue weighted by atomic mass is 10.1. The zero-order chi connectivity index (χ0) is 14.3. The summed E-state index contributed by atoms with van der Waals surface area (Å²) in [5.41, 5.74) is 8.32. The number of nitrogens with two attached hydrogens (primary N) is 1. The van der Waals surface area contributed by atoms with E-state index in [9.17, 15) is 4.39 Å². The number of hydrogen-bond donors (Lipinski definition) is 1. The molecule has 0 radical (unpaired) electrons. The zero-order valence-electron chi connectivity index (χ0n) is 10.7. The first-order valence-electron chi connectivity index (χ1n) is 6.04.